The predicted molar refractivity (Wildman–Crippen MR) is 100 cm³/mol. The van der Waals surface area contributed by atoms with Crippen molar-refractivity contribution >= 4 is 22.6 Å². The molecule has 0 atom stereocenters. The van der Waals surface area contributed by atoms with Crippen molar-refractivity contribution in [1.82, 2.24) is 34.9 Å². The number of fused-ring (bicyclic) bond motifs is 2. The highest BCUT2D eigenvalue weighted by Gasteiger charge is 2.10. The van der Waals surface area contributed by atoms with Gasteiger partial charge in [0.2, 0.25) is 5.95 Å². The Balaban J connectivity index is 1.72. The first kappa shape index (κ1) is 15.7. The van der Waals surface area contributed by atoms with Gasteiger partial charge < -0.3 is 10.6 Å². The summed E-state index contributed by atoms with van der Waals surface area (Å²) < 4.78 is 1.77. The average Bonchev–Trinajstić information content (AvgIpc) is 3.10. The third kappa shape index (κ3) is 2.84. The minimum atomic E-state index is 0.476. The zero-order chi connectivity index (χ0) is 17.9. The van der Waals surface area contributed by atoms with Crippen molar-refractivity contribution in [2.24, 2.45) is 0 Å². The van der Waals surface area contributed by atoms with Crippen molar-refractivity contribution in [2.45, 2.75) is 0 Å². The van der Waals surface area contributed by atoms with Gasteiger partial charge >= 0.3 is 0 Å². The van der Waals surface area contributed by atoms with Crippen LogP contribution in [0.2, 0.25) is 0 Å². The third-order valence-corrected chi connectivity index (χ3v) is 3.83. The highest BCUT2D eigenvalue weighted by Crippen LogP contribution is 2.26. The summed E-state index contributed by atoms with van der Waals surface area (Å²) in [4.78, 5) is 17.3. The molecule has 0 aliphatic heterocycles. The molecule has 0 amide bonds. The molecule has 0 aromatic carbocycles. The number of hydrogen-bond acceptors (Lipinski definition) is 7. The first-order chi connectivity index (χ1) is 12.8. The first-order valence-corrected chi connectivity index (χ1v) is 7.97. The molecular formula is C18H16N8. The lowest BCUT2D eigenvalue weighted by Crippen LogP contribution is -2.07. The summed E-state index contributed by atoms with van der Waals surface area (Å²) >= 11 is 0. The summed E-state index contributed by atoms with van der Waals surface area (Å²) in [7, 11) is 1.81. The van der Waals surface area contributed by atoms with Crippen molar-refractivity contribution in [3.8, 4) is 11.1 Å². The standard InChI is InChI=1S/C18H16N8/c1-3-13(10-19-2)24-18-23-11-16-14(4-7-26(16)25-18)12-8-15-17(22-9-12)21-6-5-20-15/h3-11,19H,1H2,2H3,(H,24,25)/b13-10+. The summed E-state index contributed by atoms with van der Waals surface area (Å²) in [5.41, 5.74) is 4.93. The minimum Gasteiger partial charge on any atom is -0.392 e. The quantitative estimate of drug-likeness (QED) is 0.537. The second-order valence-electron chi connectivity index (χ2n) is 5.48. The maximum atomic E-state index is 4.48. The monoisotopic (exact) mass is 344 g/mol. The van der Waals surface area contributed by atoms with Crippen LogP contribution in [0.25, 0.3) is 27.8 Å². The van der Waals surface area contributed by atoms with Crippen molar-refractivity contribution in [1.29, 1.82) is 0 Å². The highest BCUT2D eigenvalue weighted by molar-refractivity contribution is 5.84. The molecule has 0 radical (unpaired) electrons. The van der Waals surface area contributed by atoms with Crippen molar-refractivity contribution < 1.29 is 0 Å². The van der Waals surface area contributed by atoms with Gasteiger partial charge in [0, 0.05) is 49.2 Å². The summed E-state index contributed by atoms with van der Waals surface area (Å²) in [6.07, 6.45) is 12.2. The smallest absolute Gasteiger partial charge is 0.245 e. The van der Waals surface area contributed by atoms with E-state index in [0.29, 0.717) is 11.6 Å². The topological polar surface area (TPSA) is 92.9 Å². The maximum absolute atomic E-state index is 4.48. The van der Waals surface area contributed by atoms with Gasteiger partial charge in [-0.3, -0.25) is 4.98 Å². The van der Waals surface area contributed by atoms with Crippen molar-refractivity contribution in [3.05, 3.63) is 67.7 Å². The van der Waals surface area contributed by atoms with E-state index in [1.807, 2.05) is 25.4 Å². The first-order valence-electron chi connectivity index (χ1n) is 7.97. The van der Waals surface area contributed by atoms with Gasteiger partial charge in [-0.15, -0.1) is 5.10 Å². The van der Waals surface area contributed by atoms with Crippen LogP contribution in [0, 0.1) is 0 Å². The number of hydrogen-bond donors (Lipinski definition) is 2. The number of anilines is 1. The van der Waals surface area contributed by atoms with Gasteiger partial charge in [-0.25, -0.2) is 19.5 Å². The molecule has 26 heavy (non-hydrogen) atoms. The average molecular weight is 344 g/mol. The van der Waals surface area contributed by atoms with Gasteiger partial charge in [0.15, 0.2) is 5.65 Å². The molecule has 0 aliphatic carbocycles. The van der Waals surface area contributed by atoms with Gasteiger partial charge in [0.25, 0.3) is 0 Å². The van der Waals surface area contributed by atoms with E-state index in [4.69, 9.17) is 0 Å². The molecule has 0 fully saturated rings. The van der Waals surface area contributed by atoms with Gasteiger partial charge in [-0.2, -0.15) is 0 Å². The largest absolute Gasteiger partial charge is 0.392 e. The van der Waals surface area contributed by atoms with E-state index in [9.17, 15) is 0 Å². The molecule has 0 saturated heterocycles. The van der Waals surface area contributed by atoms with Crippen LogP contribution in [0.3, 0.4) is 0 Å². The Morgan fingerprint density at radius 1 is 1.15 bits per heavy atom. The summed E-state index contributed by atoms with van der Waals surface area (Å²) in [6.45, 7) is 3.76. The molecule has 0 bridgehead atoms. The molecule has 8 heteroatoms. The summed E-state index contributed by atoms with van der Waals surface area (Å²) in [5.74, 6) is 0.476. The molecule has 0 spiro atoms. The van der Waals surface area contributed by atoms with Crippen molar-refractivity contribution in [2.75, 3.05) is 12.4 Å². The Kier molecular flexibility index (Phi) is 3.98. The second kappa shape index (κ2) is 6.60. The second-order valence-corrected chi connectivity index (χ2v) is 5.48. The van der Waals surface area contributed by atoms with Crippen LogP contribution in [0.5, 0.6) is 0 Å². The van der Waals surface area contributed by atoms with Crippen LogP contribution in [-0.4, -0.2) is 36.6 Å². The maximum Gasteiger partial charge on any atom is 0.245 e. The van der Waals surface area contributed by atoms with E-state index < -0.39 is 0 Å². The number of nitrogens with one attached hydrogen (secondary N) is 2. The normalized spacial score (nSPS) is 11.7. The molecule has 0 unspecified atom stereocenters. The lowest BCUT2D eigenvalue weighted by molar-refractivity contribution is 0.908. The van der Waals surface area contributed by atoms with E-state index in [1.54, 1.807) is 41.6 Å². The summed E-state index contributed by atoms with van der Waals surface area (Å²) in [6, 6.07) is 3.94. The summed E-state index contributed by atoms with van der Waals surface area (Å²) in [5, 5.41) is 10.5. The predicted octanol–water partition coefficient (Wildman–Crippen LogP) is 2.39. The molecule has 2 N–H and O–H groups in total. The molecule has 8 nitrogen and oxygen atoms in total. The zero-order valence-corrected chi connectivity index (χ0v) is 14.1. The molecule has 4 aromatic heterocycles. The third-order valence-electron chi connectivity index (χ3n) is 3.83. The van der Waals surface area contributed by atoms with E-state index in [0.717, 1.165) is 27.9 Å². The van der Waals surface area contributed by atoms with E-state index in [1.165, 1.54) is 0 Å². The fraction of sp³-hybridized carbons (Fsp3) is 0.0556. The SMILES string of the molecule is C=C/C(=C\NC)Nc1ncc2c(-c3cnc4nccnc4c3)ccn2n1. The Morgan fingerprint density at radius 3 is 2.88 bits per heavy atom. The van der Waals surface area contributed by atoms with Gasteiger partial charge in [0.05, 0.1) is 17.4 Å². The van der Waals surface area contributed by atoms with Gasteiger partial charge in [0.1, 0.15) is 5.52 Å². The van der Waals surface area contributed by atoms with Crippen LogP contribution < -0.4 is 10.6 Å². The highest BCUT2D eigenvalue weighted by atomic mass is 15.3. The van der Waals surface area contributed by atoms with Crippen molar-refractivity contribution in [3.63, 3.8) is 0 Å². The zero-order valence-electron chi connectivity index (χ0n) is 14.1. The molecular weight excluding hydrogens is 328 g/mol. The fourth-order valence-corrected chi connectivity index (χ4v) is 2.64. The fourth-order valence-electron chi connectivity index (χ4n) is 2.64. The van der Waals surface area contributed by atoms with Gasteiger partial charge in [-0.1, -0.05) is 6.58 Å². The number of nitrogens with zero attached hydrogens (tertiary/aromatic N) is 6. The molecule has 4 rings (SSSR count). The molecule has 128 valence electrons. The van der Waals surface area contributed by atoms with Crippen LogP contribution >= 0.6 is 0 Å². The van der Waals surface area contributed by atoms with Crippen LogP contribution in [0.1, 0.15) is 0 Å². The molecule has 0 aliphatic rings. The Bertz CT molecular complexity index is 1130. The molecule has 4 aromatic rings. The molecule has 0 saturated carbocycles. The number of rotatable bonds is 5. The molecule has 4 heterocycles. The minimum absolute atomic E-state index is 0.476. The number of allylic oxidation sites excluding steroid dienone is 1. The number of pyridine rings is 1. The van der Waals surface area contributed by atoms with Crippen LogP contribution in [-0.2, 0) is 0 Å². The lowest BCUT2D eigenvalue weighted by atomic mass is 10.1. The lowest BCUT2D eigenvalue weighted by Gasteiger charge is -2.06. The van der Waals surface area contributed by atoms with E-state index in [2.05, 4.69) is 42.2 Å². The Hall–Kier alpha value is -3.81. The van der Waals surface area contributed by atoms with Crippen LogP contribution in [0.15, 0.2) is 67.7 Å². The van der Waals surface area contributed by atoms with Gasteiger partial charge in [-0.05, 0) is 18.2 Å². The Morgan fingerprint density at radius 2 is 2.04 bits per heavy atom. The van der Waals surface area contributed by atoms with E-state index >= 15 is 0 Å². The number of aromatic nitrogens is 6. The van der Waals surface area contributed by atoms with Crippen LogP contribution in [0.4, 0.5) is 5.95 Å². The Labute approximate surface area is 149 Å². The van der Waals surface area contributed by atoms with E-state index in [-0.39, 0.29) is 0 Å².